The summed E-state index contributed by atoms with van der Waals surface area (Å²) >= 11 is -3.37. The summed E-state index contributed by atoms with van der Waals surface area (Å²) in [5.41, 5.74) is 4.72. The predicted octanol–water partition coefficient (Wildman–Crippen LogP) is 5.47. The average molecular weight is 575 g/mol. The van der Waals surface area contributed by atoms with E-state index < -0.39 is 13.3 Å². The van der Waals surface area contributed by atoms with Crippen LogP contribution in [0.4, 0.5) is 17.1 Å². The Hall–Kier alpha value is -4.74. The number of carbonyl (C=O) groups is 1. The van der Waals surface area contributed by atoms with E-state index in [-0.39, 0.29) is 5.78 Å². The molecule has 190 valence electrons. The van der Waals surface area contributed by atoms with Gasteiger partial charge in [-0.05, 0) is 0 Å². The second-order valence-corrected chi connectivity index (χ2v) is 17.8. The molecule has 0 atom stereocenters. The van der Waals surface area contributed by atoms with E-state index in [0.717, 1.165) is 5.69 Å². The Morgan fingerprint density at radius 3 is 1.48 bits per heavy atom. The topological polar surface area (TPSA) is 33.2 Å². The van der Waals surface area contributed by atoms with Gasteiger partial charge in [0.15, 0.2) is 0 Å². The van der Waals surface area contributed by atoms with Gasteiger partial charge in [-0.15, -0.1) is 0 Å². The third-order valence-electron chi connectivity index (χ3n) is 7.84. The molecule has 5 aromatic carbocycles. The van der Waals surface area contributed by atoms with Gasteiger partial charge in [0.2, 0.25) is 0 Å². The maximum absolute atomic E-state index is 13.1. The van der Waals surface area contributed by atoms with Gasteiger partial charge >= 0.3 is 237 Å². The van der Waals surface area contributed by atoms with Crippen LogP contribution in [0, 0.1) is 0 Å². The maximum atomic E-state index is 13.1. The fourth-order valence-electron chi connectivity index (χ4n) is 6.12. The molecule has 0 saturated carbocycles. The van der Waals surface area contributed by atoms with Crippen LogP contribution in [-0.2, 0) is 0 Å². The van der Waals surface area contributed by atoms with Crippen LogP contribution in [0.15, 0.2) is 158 Å². The summed E-state index contributed by atoms with van der Waals surface area (Å²) in [7, 11) is 0. The SMILES string of the molecule is O=C(c1ccncc1)c1ccc(N2c3cccc[c]3[Ge]([c]3ccccc3)([c]3ccccc3)[c]3ccccc32)cc1. The monoisotopic (exact) mass is 576 g/mol. The Bertz CT molecular complexity index is 1710. The summed E-state index contributed by atoms with van der Waals surface area (Å²) in [5, 5.41) is 0. The van der Waals surface area contributed by atoms with Crippen LogP contribution in [0.25, 0.3) is 0 Å². The molecule has 0 spiro atoms. The molecule has 0 unspecified atom stereocenters. The Kier molecular flexibility index (Phi) is 6.14. The molecule has 0 bridgehead atoms. The Labute approximate surface area is 236 Å². The van der Waals surface area contributed by atoms with E-state index in [1.54, 1.807) is 24.5 Å². The van der Waals surface area contributed by atoms with Gasteiger partial charge in [0.25, 0.3) is 0 Å². The summed E-state index contributed by atoms with van der Waals surface area (Å²) < 4.78 is 5.61. The number of carbonyl (C=O) groups excluding carboxylic acids is 1. The predicted molar refractivity (Wildman–Crippen MR) is 166 cm³/mol. The number of benzene rings is 5. The Morgan fingerprint density at radius 2 is 0.950 bits per heavy atom. The molecule has 40 heavy (non-hydrogen) atoms. The molecule has 4 heteroatoms. The van der Waals surface area contributed by atoms with Gasteiger partial charge in [0.05, 0.1) is 0 Å². The standard InChI is InChI=1S/C36H26GeN2O/c40-36(28-23-25-38-26-24-28)27-19-21-31(22-20-27)39-34-17-9-7-15-32(34)37(29-11-3-1-4-12-29,30-13-5-2-6-14-30)33-16-8-10-18-35(33)39/h1-26H. The molecular weight excluding hydrogens is 549 g/mol. The second-order valence-electron chi connectivity index (χ2n) is 9.96. The summed E-state index contributed by atoms with van der Waals surface area (Å²) in [6.07, 6.45) is 3.31. The second kappa shape index (κ2) is 10.1. The fourth-order valence-corrected chi connectivity index (χ4v) is 16.8. The zero-order valence-electron chi connectivity index (χ0n) is 21.8. The molecule has 1 aliphatic rings. The summed E-state index contributed by atoms with van der Waals surface area (Å²) in [5.74, 6) is -0.00411. The van der Waals surface area contributed by atoms with Crippen molar-refractivity contribution in [1.82, 2.24) is 4.98 Å². The van der Waals surface area contributed by atoms with E-state index >= 15 is 0 Å². The molecule has 0 radical (unpaired) electrons. The number of pyridine rings is 1. The van der Waals surface area contributed by atoms with Crippen molar-refractivity contribution in [2.75, 3.05) is 4.90 Å². The van der Waals surface area contributed by atoms with Crippen molar-refractivity contribution in [3.63, 3.8) is 0 Å². The molecule has 7 rings (SSSR count). The first-order chi connectivity index (χ1) is 19.8. The first-order valence-electron chi connectivity index (χ1n) is 13.4. The number of para-hydroxylation sites is 2. The first-order valence-corrected chi connectivity index (χ1v) is 17.6. The van der Waals surface area contributed by atoms with Gasteiger partial charge in [-0.25, -0.2) is 0 Å². The number of rotatable bonds is 5. The van der Waals surface area contributed by atoms with Crippen molar-refractivity contribution in [1.29, 1.82) is 0 Å². The number of ketones is 1. The molecule has 0 saturated heterocycles. The van der Waals surface area contributed by atoms with Crippen molar-refractivity contribution in [3.05, 3.63) is 169 Å². The summed E-state index contributed by atoms with van der Waals surface area (Å²) in [6, 6.07) is 51.4. The number of hydrogen-bond acceptors (Lipinski definition) is 3. The fraction of sp³-hybridized carbons (Fsp3) is 0. The van der Waals surface area contributed by atoms with Gasteiger partial charge in [-0.2, -0.15) is 0 Å². The van der Waals surface area contributed by atoms with E-state index in [9.17, 15) is 4.79 Å². The number of hydrogen-bond donors (Lipinski definition) is 0. The number of anilines is 3. The minimum atomic E-state index is -3.37. The van der Waals surface area contributed by atoms with Gasteiger partial charge in [-0.1, -0.05) is 0 Å². The molecule has 1 aliphatic heterocycles. The minimum absolute atomic E-state index is 0.00411. The van der Waals surface area contributed by atoms with Crippen LogP contribution >= 0.6 is 0 Å². The van der Waals surface area contributed by atoms with Crippen LogP contribution in [0.1, 0.15) is 15.9 Å². The van der Waals surface area contributed by atoms with Gasteiger partial charge in [0, 0.05) is 0 Å². The van der Waals surface area contributed by atoms with E-state index in [1.165, 1.54) is 29.0 Å². The quantitative estimate of drug-likeness (QED) is 0.202. The normalized spacial score (nSPS) is 13.2. The molecule has 0 fully saturated rings. The van der Waals surface area contributed by atoms with Crippen LogP contribution in [0.3, 0.4) is 0 Å². The summed E-state index contributed by atoms with van der Waals surface area (Å²) in [6.45, 7) is 0. The van der Waals surface area contributed by atoms with E-state index in [2.05, 4.69) is 131 Å². The van der Waals surface area contributed by atoms with Gasteiger partial charge in [-0.3, -0.25) is 0 Å². The van der Waals surface area contributed by atoms with Crippen molar-refractivity contribution in [3.8, 4) is 0 Å². The van der Waals surface area contributed by atoms with Crippen molar-refractivity contribution in [2.24, 2.45) is 0 Å². The third kappa shape index (κ3) is 3.82. The molecule has 2 heterocycles. The average Bonchev–Trinajstić information content (AvgIpc) is 3.04. The van der Waals surface area contributed by atoms with Gasteiger partial charge in [0.1, 0.15) is 0 Å². The van der Waals surface area contributed by atoms with Gasteiger partial charge < -0.3 is 0 Å². The van der Waals surface area contributed by atoms with Crippen LogP contribution in [0.5, 0.6) is 0 Å². The zero-order valence-corrected chi connectivity index (χ0v) is 23.9. The van der Waals surface area contributed by atoms with Crippen molar-refractivity contribution < 1.29 is 4.79 Å². The van der Waals surface area contributed by atoms with Crippen LogP contribution in [-0.4, -0.2) is 24.0 Å². The summed E-state index contributed by atoms with van der Waals surface area (Å²) in [4.78, 5) is 19.5. The molecular formula is C36H26GeN2O. The number of fused-ring (bicyclic) bond motifs is 2. The van der Waals surface area contributed by atoms with Crippen LogP contribution < -0.4 is 22.5 Å². The molecule has 6 aromatic rings. The zero-order chi connectivity index (χ0) is 26.9. The molecule has 0 aliphatic carbocycles. The number of aromatic nitrogens is 1. The van der Waals surface area contributed by atoms with E-state index in [4.69, 9.17) is 0 Å². The van der Waals surface area contributed by atoms with E-state index in [1.807, 2.05) is 12.1 Å². The number of nitrogens with zero attached hydrogens (tertiary/aromatic N) is 2. The van der Waals surface area contributed by atoms with Crippen LogP contribution in [0.2, 0.25) is 0 Å². The molecule has 0 amide bonds. The third-order valence-corrected chi connectivity index (χ3v) is 18.0. The first kappa shape index (κ1) is 24.3. The Balaban J connectivity index is 1.45. The van der Waals surface area contributed by atoms with Crippen molar-refractivity contribution >= 4 is 53.7 Å². The molecule has 0 N–H and O–H groups in total. The Morgan fingerprint density at radius 1 is 0.500 bits per heavy atom. The molecule has 1 aromatic heterocycles. The van der Waals surface area contributed by atoms with Crippen molar-refractivity contribution in [2.45, 2.75) is 0 Å². The molecule has 3 nitrogen and oxygen atoms in total. The van der Waals surface area contributed by atoms with E-state index in [0.29, 0.717) is 11.1 Å².